The molecule has 4 fully saturated rings. The van der Waals surface area contributed by atoms with Crippen molar-refractivity contribution in [3.05, 3.63) is 36.0 Å². The zero-order valence-corrected chi connectivity index (χ0v) is 17.3. The van der Waals surface area contributed by atoms with Crippen molar-refractivity contribution in [1.29, 1.82) is 0 Å². The Morgan fingerprint density at radius 2 is 1.86 bits per heavy atom. The second-order valence-corrected chi connectivity index (χ2v) is 9.93. The van der Waals surface area contributed by atoms with E-state index in [2.05, 4.69) is 10.2 Å². The summed E-state index contributed by atoms with van der Waals surface area (Å²) in [5.74, 6) is 2.95. The molecule has 0 amide bonds. The van der Waals surface area contributed by atoms with Crippen LogP contribution in [0.4, 0.5) is 4.39 Å². The third-order valence-electron chi connectivity index (χ3n) is 6.87. The summed E-state index contributed by atoms with van der Waals surface area (Å²) in [4.78, 5) is 13.1. The van der Waals surface area contributed by atoms with Crippen molar-refractivity contribution < 1.29 is 18.3 Å². The normalized spacial score (nSPS) is 31.0. The average Bonchev–Trinajstić information content (AvgIpc) is 3.16. The van der Waals surface area contributed by atoms with Gasteiger partial charge in [0.25, 0.3) is 11.1 Å². The molecule has 1 aromatic heterocycles. The number of benzene rings is 1. The van der Waals surface area contributed by atoms with E-state index in [0.717, 1.165) is 37.0 Å². The van der Waals surface area contributed by atoms with Crippen LogP contribution in [0.5, 0.6) is 5.75 Å². The van der Waals surface area contributed by atoms with Crippen LogP contribution in [0.15, 0.2) is 33.9 Å². The Kier molecular flexibility index (Phi) is 4.88. The van der Waals surface area contributed by atoms with E-state index in [4.69, 9.17) is 9.15 Å². The molecule has 154 valence electrons. The minimum Gasteiger partial charge on any atom is -0.478 e. The van der Waals surface area contributed by atoms with E-state index in [1.54, 1.807) is 25.1 Å². The van der Waals surface area contributed by atoms with Crippen molar-refractivity contribution in [3.8, 4) is 5.75 Å². The summed E-state index contributed by atoms with van der Waals surface area (Å²) in [5.41, 5.74) is -0.105. The molecule has 4 bridgehead atoms. The Morgan fingerprint density at radius 3 is 2.52 bits per heavy atom. The molecule has 5 nitrogen and oxygen atoms in total. The summed E-state index contributed by atoms with van der Waals surface area (Å²) in [6.45, 7) is 1.73. The van der Waals surface area contributed by atoms with Gasteiger partial charge in [0.2, 0.25) is 0 Å². The molecule has 1 heterocycles. The first-order valence-electron chi connectivity index (χ1n) is 10.4. The molecule has 4 aliphatic rings. The summed E-state index contributed by atoms with van der Waals surface area (Å²) in [6.07, 6.45) is 6.61. The molecule has 2 aromatic rings. The largest absolute Gasteiger partial charge is 0.478 e. The van der Waals surface area contributed by atoms with Gasteiger partial charge in [-0.3, -0.25) is 4.79 Å². The summed E-state index contributed by atoms with van der Waals surface area (Å²) in [5, 5.41) is 8.42. The van der Waals surface area contributed by atoms with Crippen LogP contribution < -0.4 is 4.74 Å². The van der Waals surface area contributed by atoms with E-state index >= 15 is 0 Å². The summed E-state index contributed by atoms with van der Waals surface area (Å²) in [6, 6.07) is 6.21. The molecule has 4 saturated carbocycles. The number of carbonyl (C=O) groups excluding carboxylic acids is 1. The van der Waals surface area contributed by atoms with Crippen LogP contribution in [0.2, 0.25) is 0 Å². The maximum absolute atomic E-state index is 13.8. The van der Waals surface area contributed by atoms with Gasteiger partial charge in [0.05, 0.1) is 5.75 Å². The van der Waals surface area contributed by atoms with Gasteiger partial charge in [-0.2, -0.15) is 0 Å². The molecular weight excluding hydrogens is 391 g/mol. The number of rotatable bonds is 7. The first-order valence-corrected chi connectivity index (χ1v) is 11.4. The minimum atomic E-state index is -0.576. The third-order valence-corrected chi connectivity index (χ3v) is 7.69. The molecule has 0 aliphatic heterocycles. The van der Waals surface area contributed by atoms with Gasteiger partial charge < -0.3 is 9.15 Å². The summed E-state index contributed by atoms with van der Waals surface area (Å²) >= 11 is 1.31. The number of hydrogen-bond acceptors (Lipinski definition) is 6. The maximum atomic E-state index is 13.8. The Hall–Kier alpha value is -1.89. The number of hydrogen-bond donors (Lipinski definition) is 0. The average molecular weight is 417 g/mol. The van der Waals surface area contributed by atoms with Crippen LogP contribution in [0.3, 0.4) is 0 Å². The fourth-order valence-corrected chi connectivity index (χ4v) is 6.76. The lowest BCUT2D eigenvalue weighted by Crippen LogP contribution is -2.50. The molecule has 1 atom stereocenters. The highest BCUT2D eigenvalue weighted by Crippen LogP contribution is 2.60. The minimum absolute atomic E-state index is 0.105. The Balaban J connectivity index is 1.20. The summed E-state index contributed by atoms with van der Waals surface area (Å²) in [7, 11) is 0. The van der Waals surface area contributed by atoms with Gasteiger partial charge in [-0.15, -0.1) is 10.2 Å². The lowest BCUT2D eigenvalue weighted by Gasteiger charge is -2.55. The van der Waals surface area contributed by atoms with E-state index in [0.29, 0.717) is 16.8 Å². The standard InChI is InChI=1S/C22H25FN2O3S/c1-13(27-18-5-3-2-4-17(18)23)20-24-25-21(28-20)29-12-19(26)22-9-14-6-15(10-22)8-16(7-14)11-22/h2-5,13-16H,6-12H2,1H3/t13-,14?,15?,16?,22?/m1/s1. The van der Waals surface area contributed by atoms with E-state index in [-0.39, 0.29) is 17.1 Å². The van der Waals surface area contributed by atoms with E-state index in [1.165, 1.54) is 37.1 Å². The highest BCUT2D eigenvalue weighted by Gasteiger charge is 2.54. The predicted molar refractivity (Wildman–Crippen MR) is 106 cm³/mol. The van der Waals surface area contributed by atoms with Crippen molar-refractivity contribution in [2.45, 2.75) is 56.8 Å². The lowest BCUT2D eigenvalue weighted by atomic mass is 9.48. The van der Waals surface area contributed by atoms with Gasteiger partial charge in [0.15, 0.2) is 17.7 Å². The number of para-hydroxylation sites is 1. The molecule has 6 rings (SSSR count). The fourth-order valence-electron chi connectivity index (χ4n) is 5.96. The molecule has 0 saturated heterocycles. The smallest absolute Gasteiger partial charge is 0.277 e. The van der Waals surface area contributed by atoms with Crippen LogP contribution >= 0.6 is 11.8 Å². The molecule has 1 aromatic carbocycles. The Bertz CT molecular complexity index is 880. The molecule has 0 radical (unpaired) electrons. The van der Waals surface area contributed by atoms with Crippen LogP contribution in [0, 0.1) is 29.0 Å². The molecular formula is C22H25FN2O3S. The zero-order chi connectivity index (χ0) is 20.0. The molecule has 0 N–H and O–H groups in total. The maximum Gasteiger partial charge on any atom is 0.277 e. The van der Waals surface area contributed by atoms with Gasteiger partial charge in [-0.25, -0.2) is 4.39 Å². The number of Topliss-reactive ketones (excluding diaryl/α,β-unsaturated/α-hetero) is 1. The zero-order valence-electron chi connectivity index (χ0n) is 16.5. The van der Waals surface area contributed by atoms with Gasteiger partial charge in [0.1, 0.15) is 5.78 Å². The van der Waals surface area contributed by atoms with Gasteiger partial charge in [0, 0.05) is 5.41 Å². The van der Waals surface area contributed by atoms with Crippen LogP contribution in [0.1, 0.15) is 57.4 Å². The Morgan fingerprint density at radius 1 is 1.21 bits per heavy atom. The number of aromatic nitrogens is 2. The van der Waals surface area contributed by atoms with Gasteiger partial charge in [-0.05, 0) is 75.3 Å². The van der Waals surface area contributed by atoms with E-state index in [9.17, 15) is 9.18 Å². The number of halogens is 1. The van der Waals surface area contributed by atoms with Crippen LogP contribution in [0.25, 0.3) is 0 Å². The highest BCUT2D eigenvalue weighted by atomic mass is 32.2. The quantitative estimate of drug-likeness (QED) is 0.576. The molecule has 7 heteroatoms. The van der Waals surface area contributed by atoms with Crippen molar-refractivity contribution in [2.24, 2.45) is 23.2 Å². The second kappa shape index (κ2) is 7.42. The van der Waals surface area contributed by atoms with Crippen LogP contribution in [-0.4, -0.2) is 21.7 Å². The predicted octanol–water partition coefficient (Wildman–Crippen LogP) is 5.23. The van der Waals surface area contributed by atoms with Crippen LogP contribution in [-0.2, 0) is 4.79 Å². The van der Waals surface area contributed by atoms with Gasteiger partial charge in [-0.1, -0.05) is 23.9 Å². The fraction of sp³-hybridized carbons (Fsp3) is 0.591. The molecule has 4 aliphatic carbocycles. The number of thioether (sulfide) groups is 1. The van der Waals surface area contributed by atoms with E-state index in [1.807, 2.05) is 0 Å². The van der Waals surface area contributed by atoms with Crippen molar-refractivity contribution >= 4 is 17.5 Å². The monoisotopic (exact) mass is 416 g/mol. The third kappa shape index (κ3) is 3.69. The first kappa shape index (κ1) is 19.1. The number of carbonyl (C=O) groups is 1. The lowest BCUT2D eigenvalue weighted by molar-refractivity contribution is -0.141. The summed E-state index contributed by atoms with van der Waals surface area (Å²) < 4.78 is 25.0. The molecule has 0 unspecified atom stereocenters. The topological polar surface area (TPSA) is 65.2 Å². The van der Waals surface area contributed by atoms with Gasteiger partial charge >= 0.3 is 0 Å². The number of ketones is 1. The van der Waals surface area contributed by atoms with Crippen molar-refractivity contribution in [3.63, 3.8) is 0 Å². The Labute approximate surface area is 173 Å². The highest BCUT2D eigenvalue weighted by molar-refractivity contribution is 7.99. The first-order chi connectivity index (χ1) is 14.0. The number of ether oxygens (including phenoxy) is 1. The van der Waals surface area contributed by atoms with Crippen molar-refractivity contribution in [1.82, 2.24) is 10.2 Å². The number of nitrogens with zero attached hydrogens (tertiary/aromatic N) is 2. The molecule has 0 spiro atoms. The second-order valence-electron chi connectivity index (χ2n) is 9.01. The van der Waals surface area contributed by atoms with Crippen molar-refractivity contribution in [2.75, 3.05) is 5.75 Å². The van der Waals surface area contributed by atoms with E-state index < -0.39 is 11.9 Å². The molecule has 29 heavy (non-hydrogen) atoms. The SMILES string of the molecule is C[C@@H](Oc1ccccc1F)c1nnc(SCC(=O)C23CC4CC(CC(C4)C2)C3)o1.